The Morgan fingerprint density at radius 3 is 2.39 bits per heavy atom. The third-order valence-electron chi connectivity index (χ3n) is 5.24. The molecule has 2 N–H and O–H groups in total. The average Bonchev–Trinajstić information content (AvgIpc) is 3.11. The van der Waals surface area contributed by atoms with Crippen LogP contribution in [-0.4, -0.2) is 60.5 Å². The van der Waals surface area contributed by atoms with Gasteiger partial charge >= 0.3 is 6.18 Å². The molecule has 1 aliphatic rings. The summed E-state index contributed by atoms with van der Waals surface area (Å²) in [4.78, 5) is 1.97. The first-order valence-corrected chi connectivity index (χ1v) is 11.1. The molecule has 0 unspecified atom stereocenters. The van der Waals surface area contributed by atoms with E-state index in [1.807, 2.05) is 4.90 Å². The van der Waals surface area contributed by atoms with Gasteiger partial charge in [-0.05, 0) is 30.3 Å². The molecule has 1 aliphatic heterocycles. The molecular formula is C19H18F4N4O3S. The third-order valence-corrected chi connectivity index (χ3v) is 6.54. The highest BCUT2D eigenvalue weighted by atomic mass is 32.2. The Morgan fingerprint density at radius 2 is 1.77 bits per heavy atom. The molecule has 31 heavy (non-hydrogen) atoms. The first-order valence-electron chi connectivity index (χ1n) is 9.23. The molecule has 1 fully saturated rings. The fraction of sp³-hybridized carbons (Fsp3) is 0.316. The lowest BCUT2D eigenvalue weighted by atomic mass is 10.0. The number of anilines is 1. The van der Waals surface area contributed by atoms with Crippen LogP contribution in [0.4, 0.5) is 23.2 Å². The van der Waals surface area contributed by atoms with Crippen LogP contribution < -0.4 is 4.90 Å². The Bertz CT molecular complexity index is 1250. The van der Waals surface area contributed by atoms with Crippen LogP contribution in [0.5, 0.6) is 5.75 Å². The number of rotatable bonds is 3. The predicted molar refractivity (Wildman–Crippen MR) is 107 cm³/mol. The van der Waals surface area contributed by atoms with Crippen LogP contribution >= 0.6 is 0 Å². The highest BCUT2D eigenvalue weighted by molar-refractivity contribution is 7.88. The number of halogens is 4. The molecule has 2 aromatic carbocycles. The van der Waals surface area contributed by atoms with Gasteiger partial charge in [-0.1, -0.05) is 0 Å². The molecule has 0 saturated carbocycles. The minimum Gasteiger partial charge on any atom is -0.508 e. The SMILES string of the molecule is CS(=O)(=O)N1CCN(c2ccc3c(-c4cc(O)cc(C(F)(F)F)c4F)n[nH]c3c2)CC1. The summed E-state index contributed by atoms with van der Waals surface area (Å²) in [5.41, 5.74) is -0.855. The summed E-state index contributed by atoms with van der Waals surface area (Å²) in [6.07, 6.45) is -3.81. The maximum Gasteiger partial charge on any atom is 0.419 e. The fourth-order valence-electron chi connectivity index (χ4n) is 3.68. The predicted octanol–water partition coefficient (Wildman–Crippen LogP) is 3.18. The molecule has 166 valence electrons. The molecule has 7 nitrogen and oxygen atoms in total. The van der Waals surface area contributed by atoms with Crippen molar-refractivity contribution < 1.29 is 31.1 Å². The largest absolute Gasteiger partial charge is 0.508 e. The van der Waals surface area contributed by atoms with E-state index in [1.54, 1.807) is 18.2 Å². The zero-order valence-electron chi connectivity index (χ0n) is 16.2. The number of nitrogens with zero attached hydrogens (tertiary/aromatic N) is 3. The first kappa shape index (κ1) is 21.4. The number of H-pyrrole nitrogens is 1. The van der Waals surface area contributed by atoms with Crippen molar-refractivity contribution in [1.82, 2.24) is 14.5 Å². The van der Waals surface area contributed by atoms with Gasteiger partial charge in [0.15, 0.2) is 0 Å². The van der Waals surface area contributed by atoms with E-state index in [2.05, 4.69) is 10.2 Å². The van der Waals surface area contributed by atoms with Crippen LogP contribution in [0.15, 0.2) is 30.3 Å². The van der Waals surface area contributed by atoms with Crippen molar-refractivity contribution in [2.24, 2.45) is 0 Å². The monoisotopic (exact) mass is 458 g/mol. The number of nitrogens with one attached hydrogen (secondary N) is 1. The molecule has 2 heterocycles. The second-order valence-electron chi connectivity index (χ2n) is 7.30. The lowest BCUT2D eigenvalue weighted by Gasteiger charge is -2.34. The standard InChI is InChI=1S/C19H18F4N4O3S/c1-31(29,30)27-6-4-26(5-7-27)11-2-3-13-16(8-11)24-25-18(13)14-9-12(28)10-15(17(14)20)19(21,22)23/h2-3,8-10,28H,4-7H2,1H3,(H,24,25). The van der Waals surface area contributed by atoms with Gasteiger partial charge in [-0.2, -0.15) is 22.6 Å². The molecule has 4 rings (SSSR count). The smallest absolute Gasteiger partial charge is 0.419 e. The summed E-state index contributed by atoms with van der Waals surface area (Å²) in [6, 6.07) is 6.26. The van der Waals surface area contributed by atoms with Crippen molar-refractivity contribution in [3.8, 4) is 17.0 Å². The number of aromatic hydroxyl groups is 1. The van der Waals surface area contributed by atoms with E-state index in [9.17, 15) is 31.1 Å². The Hall–Kier alpha value is -2.86. The van der Waals surface area contributed by atoms with E-state index in [0.29, 0.717) is 43.1 Å². The number of aromatic amines is 1. The third kappa shape index (κ3) is 4.04. The van der Waals surface area contributed by atoms with E-state index in [1.165, 1.54) is 4.31 Å². The van der Waals surface area contributed by atoms with Gasteiger partial charge in [0.2, 0.25) is 10.0 Å². The number of sulfonamides is 1. The number of fused-ring (bicyclic) bond motifs is 1. The number of hydrogen-bond donors (Lipinski definition) is 2. The molecule has 1 saturated heterocycles. The van der Waals surface area contributed by atoms with Gasteiger partial charge in [0.1, 0.15) is 17.3 Å². The van der Waals surface area contributed by atoms with E-state index in [4.69, 9.17) is 0 Å². The molecule has 0 amide bonds. The minimum atomic E-state index is -4.97. The van der Waals surface area contributed by atoms with E-state index in [0.717, 1.165) is 18.0 Å². The van der Waals surface area contributed by atoms with Gasteiger partial charge in [0.05, 0.1) is 17.3 Å². The summed E-state index contributed by atoms with van der Waals surface area (Å²) in [5.74, 6) is -2.24. The molecule has 0 aliphatic carbocycles. The van der Waals surface area contributed by atoms with Crippen molar-refractivity contribution in [2.45, 2.75) is 6.18 Å². The second kappa shape index (κ2) is 7.38. The van der Waals surface area contributed by atoms with Crippen molar-refractivity contribution in [3.05, 3.63) is 41.7 Å². The molecular weight excluding hydrogens is 440 g/mol. The number of phenolic OH excluding ortho intramolecular Hbond substituents is 1. The number of aromatic nitrogens is 2. The zero-order valence-corrected chi connectivity index (χ0v) is 17.1. The lowest BCUT2D eigenvalue weighted by molar-refractivity contribution is -0.140. The molecule has 0 spiro atoms. The van der Waals surface area contributed by atoms with Crippen LogP contribution in [-0.2, 0) is 16.2 Å². The van der Waals surface area contributed by atoms with E-state index >= 15 is 0 Å². The molecule has 1 aromatic heterocycles. The fourth-order valence-corrected chi connectivity index (χ4v) is 4.50. The van der Waals surface area contributed by atoms with Crippen LogP contribution in [0.25, 0.3) is 22.2 Å². The van der Waals surface area contributed by atoms with Crippen LogP contribution in [0.2, 0.25) is 0 Å². The Balaban J connectivity index is 1.68. The number of phenols is 1. The van der Waals surface area contributed by atoms with Gasteiger partial charge < -0.3 is 10.0 Å². The Labute approximate surface area is 174 Å². The summed E-state index contributed by atoms with van der Waals surface area (Å²) < 4.78 is 78.6. The van der Waals surface area contributed by atoms with Gasteiger partial charge in [0.25, 0.3) is 0 Å². The second-order valence-corrected chi connectivity index (χ2v) is 9.29. The quantitative estimate of drug-likeness (QED) is 0.589. The molecule has 0 radical (unpaired) electrons. The highest BCUT2D eigenvalue weighted by Crippen LogP contribution is 2.39. The number of piperazine rings is 1. The lowest BCUT2D eigenvalue weighted by Crippen LogP contribution is -2.48. The van der Waals surface area contributed by atoms with Crippen molar-refractivity contribution >= 4 is 26.6 Å². The van der Waals surface area contributed by atoms with Gasteiger partial charge in [-0.15, -0.1) is 0 Å². The molecule has 3 aromatic rings. The summed E-state index contributed by atoms with van der Waals surface area (Å²) in [5, 5.41) is 16.7. The van der Waals surface area contributed by atoms with Gasteiger partial charge in [0, 0.05) is 42.8 Å². The number of hydrogen-bond acceptors (Lipinski definition) is 5. The molecule has 0 atom stereocenters. The topological polar surface area (TPSA) is 89.5 Å². The van der Waals surface area contributed by atoms with Crippen LogP contribution in [0.3, 0.4) is 0 Å². The molecule has 12 heteroatoms. The van der Waals surface area contributed by atoms with Crippen molar-refractivity contribution in [1.29, 1.82) is 0 Å². The number of alkyl halides is 3. The Morgan fingerprint density at radius 1 is 1.10 bits per heavy atom. The summed E-state index contributed by atoms with van der Waals surface area (Å²) in [7, 11) is -3.26. The van der Waals surface area contributed by atoms with Crippen molar-refractivity contribution in [3.63, 3.8) is 0 Å². The maximum atomic E-state index is 14.6. The maximum absolute atomic E-state index is 14.6. The zero-order chi connectivity index (χ0) is 22.6. The van der Waals surface area contributed by atoms with Gasteiger partial charge in [-0.3, -0.25) is 5.10 Å². The number of benzene rings is 2. The highest BCUT2D eigenvalue weighted by Gasteiger charge is 2.36. The van der Waals surface area contributed by atoms with Crippen LogP contribution in [0.1, 0.15) is 5.56 Å². The van der Waals surface area contributed by atoms with Crippen LogP contribution in [0, 0.1) is 5.82 Å². The van der Waals surface area contributed by atoms with Gasteiger partial charge in [-0.25, -0.2) is 12.8 Å². The summed E-state index contributed by atoms with van der Waals surface area (Å²) in [6.45, 7) is 1.60. The first-order chi connectivity index (χ1) is 14.4. The van der Waals surface area contributed by atoms with Crippen molar-refractivity contribution in [2.75, 3.05) is 37.3 Å². The van der Waals surface area contributed by atoms with E-state index < -0.39 is 38.9 Å². The van der Waals surface area contributed by atoms with E-state index in [-0.39, 0.29) is 5.69 Å². The summed E-state index contributed by atoms with van der Waals surface area (Å²) >= 11 is 0. The minimum absolute atomic E-state index is 0.0534. The Kier molecular flexibility index (Phi) is 5.09. The molecule has 0 bridgehead atoms. The normalized spacial score (nSPS) is 16.2. The average molecular weight is 458 g/mol.